The van der Waals surface area contributed by atoms with Gasteiger partial charge in [-0.25, -0.2) is 9.59 Å². The molecule has 0 fully saturated rings. The van der Waals surface area contributed by atoms with Gasteiger partial charge in [-0.3, -0.25) is 18.7 Å². The molecule has 0 spiro atoms. The lowest BCUT2D eigenvalue weighted by atomic mass is 10.2. The topological polar surface area (TPSA) is 132 Å². The maximum Gasteiger partial charge on any atom is 0.344 e. The second kappa shape index (κ2) is 11.7. The summed E-state index contributed by atoms with van der Waals surface area (Å²) in [6, 6.07) is 15.8. The van der Waals surface area contributed by atoms with Crippen molar-refractivity contribution in [1.29, 1.82) is 0 Å². The zero-order valence-electron chi connectivity index (χ0n) is 19.6. The van der Waals surface area contributed by atoms with Crippen molar-refractivity contribution < 1.29 is 23.8 Å². The average molecular weight is 482 g/mol. The average Bonchev–Trinajstić information content (AvgIpc) is 2.86. The normalized spacial score (nSPS) is 10.6. The minimum absolute atomic E-state index is 0.0416. The fourth-order valence-corrected chi connectivity index (χ4v) is 3.42. The third-order valence-corrected chi connectivity index (χ3v) is 5.11. The minimum Gasteiger partial charge on any atom is -0.490 e. The Hall–Kier alpha value is -4.34. The summed E-state index contributed by atoms with van der Waals surface area (Å²) in [5.74, 6) is -1.11. The number of nitrogens with zero attached hydrogens (tertiary/aromatic N) is 2. The molecule has 10 nitrogen and oxygen atoms in total. The Morgan fingerprint density at radius 2 is 1.49 bits per heavy atom. The van der Waals surface area contributed by atoms with E-state index in [1.54, 1.807) is 55.5 Å². The number of ether oxygens (including phenoxy) is 3. The van der Waals surface area contributed by atoms with E-state index in [1.807, 2.05) is 13.0 Å². The van der Waals surface area contributed by atoms with E-state index in [4.69, 9.17) is 19.9 Å². The second-order valence-corrected chi connectivity index (χ2v) is 7.42. The molecule has 35 heavy (non-hydrogen) atoms. The SMILES string of the molecule is CCOc1ccccc1OCC(=O)OCC(=O)c1c(N)n(Cc2ccccc2)c(=O)n(CC)c1=O. The molecule has 2 N–H and O–H groups in total. The molecule has 0 aliphatic carbocycles. The van der Waals surface area contributed by atoms with Gasteiger partial charge in [-0.05, 0) is 31.5 Å². The molecular formula is C25H27N3O7. The first-order valence-electron chi connectivity index (χ1n) is 11.1. The summed E-state index contributed by atoms with van der Waals surface area (Å²) in [7, 11) is 0. The van der Waals surface area contributed by atoms with Crippen molar-refractivity contribution in [2.24, 2.45) is 0 Å². The first kappa shape index (κ1) is 25.3. The van der Waals surface area contributed by atoms with Crippen LogP contribution in [0.4, 0.5) is 5.82 Å². The lowest BCUT2D eigenvalue weighted by molar-refractivity contribution is -0.144. The van der Waals surface area contributed by atoms with Crippen molar-refractivity contribution in [3.05, 3.63) is 86.6 Å². The van der Waals surface area contributed by atoms with Crippen LogP contribution in [0.3, 0.4) is 0 Å². The van der Waals surface area contributed by atoms with E-state index in [-0.39, 0.29) is 18.9 Å². The van der Waals surface area contributed by atoms with E-state index in [0.717, 1.165) is 14.7 Å². The van der Waals surface area contributed by atoms with Crippen LogP contribution in [0.25, 0.3) is 0 Å². The molecule has 0 aliphatic rings. The Kier molecular flexibility index (Phi) is 8.44. The number of para-hydroxylation sites is 2. The zero-order chi connectivity index (χ0) is 25.4. The number of benzene rings is 2. The van der Waals surface area contributed by atoms with Crippen LogP contribution < -0.4 is 26.5 Å². The molecular weight excluding hydrogens is 454 g/mol. The van der Waals surface area contributed by atoms with E-state index >= 15 is 0 Å². The number of nitrogens with two attached hydrogens (primary N) is 1. The molecule has 0 saturated carbocycles. The predicted octanol–water partition coefficient (Wildman–Crippen LogP) is 1.86. The monoisotopic (exact) mass is 481 g/mol. The van der Waals surface area contributed by atoms with E-state index in [0.29, 0.717) is 18.1 Å². The first-order chi connectivity index (χ1) is 16.9. The summed E-state index contributed by atoms with van der Waals surface area (Å²) in [5.41, 5.74) is 4.99. The molecule has 10 heteroatoms. The van der Waals surface area contributed by atoms with Crippen LogP contribution in [0, 0.1) is 0 Å². The lowest BCUT2D eigenvalue weighted by Gasteiger charge is -2.16. The molecule has 2 aromatic carbocycles. The first-order valence-corrected chi connectivity index (χ1v) is 11.1. The molecule has 184 valence electrons. The number of aromatic nitrogens is 2. The summed E-state index contributed by atoms with van der Waals surface area (Å²) in [6.07, 6.45) is 0. The van der Waals surface area contributed by atoms with Crippen LogP contribution in [-0.4, -0.2) is 40.7 Å². The number of esters is 1. The Morgan fingerprint density at radius 3 is 2.11 bits per heavy atom. The Morgan fingerprint density at radius 1 is 0.857 bits per heavy atom. The Balaban J connectivity index is 1.75. The van der Waals surface area contributed by atoms with Gasteiger partial charge in [-0.1, -0.05) is 42.5 Å². The smallest absolute Gasteiger partial charge is 0.344 e. The lowest BCUT2D eigenvalue weighted by Crippen LogP contribution is -2.44. The maximum absolute atomic E-state index is 12.8. The highest BCUT2D eigenvalue weighted by molar-refractivity contribution is 6.01. The summed E-state index contributed by atoms with van der Waals surface area (Å²) in [4.78, 5) is 50.6. The van der Waals surface area contributed by atoms with Gasteiger partial charge in [0.05, 0.1) is 13.2 Å². The second-order valence-electron chi connectivity index (χ2n) is 7.42. The van der Waals surface area contributed by atoms with Gasteiger partial charge in [-0.2, -0.15) is 0 Å². The molecule has 0 atom stereocenters. The van der Waals surface area contributed by atoms with Gasteiger partial charge in [0.2, 0.25) is 5.78 Å². The van der Waals surface area contributed by atoms with Crippen LogP contribution in [0.2, 0.25) is 0 Å². The van der Waals surface area contributed by atoms with Gasteiger partial charge in [0, 0.05) is 6.54 Å². The van der Waals surface area contributed by atoms with Crippen molar-refractivity contribution in [3.8, 4) is 11.5 Å². The van der Waals surface area contributed by atoms with Crippen LogP contribution >= 0.6 is 0 Å². The van der Waals surface area contributed by atoms with Crippen molar-refractivity contribution in [3.63, 3.8) is 0 Å². The third kappa shape index (κ3) is 5.97. The van der Waals surface area contributed by atoms with Gasteiger partial charge in [-0.15, -0.1) is 0 Å². The van der Waals surface area contributed by atoms with Crippen molar-refractivity contribution in [1.82, 2.24) is 9.13 Å². The molecule has 0 amide bonds. The molecule has 1 aromatic heterocycles. The number of hydrogen-bond donors (Lipinski definition) is 1. The van der Waals surface area contributed by atoms with E-state index in [9.17, 15) is 19.2 Å². The van der Waals surface area contributed by atoms with Crippen LogP contribution in [0.5, 0.6) is 11.5 Å². The number of anilines is 1. The number of carbonyl (C=O) groups excluding carboxylic acids is 2. The van der Waals surface area contributed by atoms with Crippen LogP contribution in [0.1, 0.15) is 29.8 Å². The van der Waals surface area contributed by atoms with Gasteiger partial charge < -0.3 is 19.9 Å². The van der Waals surface area contributed by atoms with Crippen LogP contribution in [-0.2, 0) is 22.6 Å². The molecule has 0 saturated heterocycles. The highest BCUT2D eigenvalue weighted by Crippen LogP contribution is 2.26. The largest absolute Gasteiger partial charge is 0.490 e. The van der Waals surface area contributed by atoms with E-state index < -0.39 is 41.8 Å². The van der Waals surface area contributed by atoms with Gasteiger partial charge in [0.25, 0.3) is 5.56 Å². The highest BCUT2D eigenvalue weighted by atomic mass is 16.6. The number of ketones is 1. The number of Topliss-reactive ketones (excluding diaryl/α,β-unsaturated/α-hetero) is 1. The summed E-state index contributed by atoms with van der Waals surface area (Å²) >= 11 is 0. The number of carbonyl (C=O) groups is 2. The quantitative estimate of drug-likeness (QED) is 0.324. The number of hydrogen-bond acceptors (Lipinski definition) is 8. The summed E-state index contributed by atoms with van der Waals surface area (Å²) < 4.78 is 17.9. The molecule has 1 heterocycles. The standard InChI is InChI=1S/C25H27N3O7/c1-3-27-24(31)22(23(26)28(25(27)32)14-17-10-6-5-7-11-17)18(29)15-35-21(30)16-34-20-13-9-8-12-19(20)33-4-2/h5-13H,3-4,14-16,26H2,1-2H3. The molecule has 3 aromatic rings. The molecule has 0 unspecified atom stereocenters. The maximum atomic E-state index is 12.8. The fraction of sp³-hybridized carbons (Fsp3) is 0.280. The van der Waals surface area contributed by atoms with Gasteiger partial charge >= 0.3 is 11.7 Å². The molecule has 0 bridgehead atoms. The van der Waals surface area contributed by atoms with Gasteiger partial charge in [0.15, 0.2) is 24.7 Å². The molecule has 3 rings (SSSR count). The molecule has 0 radical (unpaired) electrons. The number of rotatable bonds is 11. The fourth-order valence-electron chi connectivity index (χ4n) is 3.42. The predicted molar refractivity (Wildman–Crippen MR) is 129 cm³/mol. The van der Waals surface area contributed by atoms with E-state index in [2.05, 4.69) is 0 Å². The van der Waals surface area contributed by atoms with Crippen LogP contribution in [0.15, 0.2) is 64.2 Å². The zero-order valence-corrected chi connectivity index (χ0v) is 19.6. The molecule has 0 aliphatic heterocycles. The van der Waals surface area contributed by atoms with Gasteiger partial charge in [0.1, 0.15) is 11.4 Å². The summed E-state index contributed by atoms with van der Waals surface area (Å²) in [6.45, 7) is 2.75. The van der Waals surface area contributed by atoms with Crippen molar-refractivity contribution in [2.45, 2.75) is 26.9 Å². The minimum atomic E-state index is -0.831. The summed E-state index contributed by atoms with van der Waals surface area (Å²) in [5, 5.41) is 0. The number of nitrogen functional groups attached to an aromatic ring is 1. The van der Waals surface area contributed by atoms with E-state index in [1.165, 1.54) is 0 Å². The Bertz CT molecular complexity index is 1310. The van der Waals surface area contributed by atoms with Crippen molar-refractivity contribution >= 4 is 17.6 Å². The highest BCUT2D eigenvalue weighted by Gasteiger charge is 2.23. The third-order valence-electron chi connectivity index (χ3n) is 5.11. The Labute approximate surface area is 201 Å². The van der Waals surface area contributed by atoms with Crippen molar-refractivity contribution in [2.75, 3.05) is 25.6 Å².